The van der Waals surface area contributed by atoms with E-state index in [1.165, 1.54) is 20.2 Å². The molecule has 0 radical (unpaired) electrons. The number of nitrogens with zero attached hydrogens (tertiary/aromatic N) is 3. The van der Waals surface area contributed by atoms with Gasteiger partial charge in [-0.05, 0) is 13.8 Å². The molecule has 1 N–H and O–H groups in total. The number of aromatic amines is 1. The summed E-state index contributed by atoms with van der Waals surface area (Å²) in [6.45, 7) is 2.82. The van der Waals surface area contributed by atoms with Crippen LogP contribution in [0.4, 0.5) is 13.2 Å². The molecule has 0 aliphatic rings. The molecule has 12 heteroatoms. The zero-order chi connectivity index (χ0) is 18.6. The standard InChI is InChI=1S/C13H13F3N4O4S/c1-3-23-8(21)4-7(13(14,15)16)24-12(22)9-6(2)19-11(25-9)10-17-5-18-20-10/h5,7H,3-4H2,1-2H3,(H,17,18,20)/t7-/m1/s1. The first kappa shape index (κ1) is 18.8. The second kappa shape index (κ2) is 7.59. The molecule has 0 amide bonds. The lowest BCUT2D eigenvalue weighted by Crippen LogP contribution is -2.36. The highest BCUT2D eigenvalue weighted by Gasteiger charge is 2.45. The molecule has 2 aromatic rings. The smallest absolute Gasteiger partial charge is 0.426 e. The number of ether oxygens (including phenoxy) is 2. The maximum atomic E-state index is 13.0. The number of halogens is 3. The van der Waals surface area contributed by atoms with Crippen molar-refractivity contribution >= 4 is 23.3 Å². The van der Waals surface area contributed by atoms with E-state index in [1.807, 2.05) is 0 Å². The Hall–Kier alpha value is -2.50. The lowest BCUT2D eigenvalue weighted by atomic mass is 10.2. The zero-order valence-electron chi connectivity index (χ0n) is 13.1. The molecule has 25 heavy (non-hydrogen) atoms. The topological polar surface area (TPSA) is 107 Å². The Morgan fingerprint density at radius 1 is 1.40 bits per heavy atom. The molecule has 0 unspecified atom stereocenters. The molecule has 136 valence electrons. The predicted octanol–water partition coefficient (Wildman–Crippen LogP) is 2.28. The van der Waals surface area contributed by atoms with E-state index in [4.69, 9.17) is 0 Å². The molecule has 2 heterocycles. The quantitative estimate of drug-likeness (QED) is 0.769. The summed E-state index contributed by atoms with van der Waals surface area (Å²) < 4.78 is 48.0. The maximum Gasteiger partial charge on any atom is 0.426 e. The number of hydrogen-bond acceptors (Lipinski definition) is 8. The fourth-order valence-corrected chi connectivity index (χ4v) is 2.67. The number of alkyl halides is 3. The molecule has 2 rings (SSSR count). The third kappa shape index (κ3) is 4.75. The van der Waals surface area contributed by atoms with Gasteiger partial charge in [-0.25, -0.2) is 14.8 Å². The molecule has 0 spiro atoms. The summed E-state index contributed by atoms with van der Waals surface area (Å²) in [5, 5.41) is 6.43. The Balaban J connectivity index is 2.17. The summed E-state index contributed by atoms with van der Waals surface area (Å²) in [6.07, 6.45) is -7.40. The molecule has 0 aromatic carbocycles. The third-order valence-corrected chi connectivity index (χ3v) is 4.02. The number of carbonyl (C=O) groups is 2. The molecule has 0 saturated heterocycles. The summed E-state index contributed by atoms with van der Waals surface area (Å²) in [6, 6.07) is 0. The van der Waals surface area contributed by atoms with Crippen LogP contribution >= 0.6 is 11.3 Å². The number of H-pyrrole nitrogens is 1. The summed E-state index contributed by atoms with van der Waals surface area (Å²) in [4.78, 5) is 31.2. The van der Waals surface area contributed by atoms with Gasteiger partial charge in [0.05, 0.1) is 18.7 Å². The van der Waals surface area contributed by atoms with Crippen LogP contribution in [0.5, 0.6) is 0 Å². The van der Waals surface area contributed by atoms with Crippen molar-refractivity contribution < 1.29 is 32.2 Å². The zero-order valence-corrected chi connectivity index (χ0v) is 13.9. The van der Waals surface area contributed by atoms with E-state index in [0.717, 1.165) is 11.3 Å². The lowest BCUT2D eigenvalue weighted by Gasteiger charge is -2.19. The Kier molecular flexibility index (Phi) is 5.72. The van der Waals surface area contributed by atoms with Crippen molar-refractivity contribution in [2.24, 2.45) is 0 Å². The highest BCUT2D eigenvalue weighted by molar-refractivity contribution is 7.16. The SMILES string of the molecule is CCOC(=O)C[C@@H](OC(=O)c1sc(-c2ncn[nH]2)nc1C)C(F)(F)F. The van der Waals surface area contributed by atoms with Gasteiger partial charge in [-0.15, -0.1) is 11.3 Å². The molecule has 1 atom stereocenters. The van der Waals surface area contributed by atoms with E-state index in [1.54, 1.807) is 0 Å². The van der Waals surface area contributed by atoms with Gasteiger partial charge in [-0.1, -0.05) is 0 Å². The Bertz CT molecular complexity index is 745. The van der Waals surface area contributed by atoms with Crippen LogP contribution in [0.1, 0.15) is 28.7 Å². The average Bonchev–Trinajstić information content (AvgIpc) is 3.14. The van der Waals surface area contributed by atoms with Gasteiger partial charge in [0.15, 0.2) is 10.8 Å². The molecule has 2 aromatic heterocycles. The molecule has 0 fully saturated rings. The van der Waals surface area contributed by atoms with E-state index in [-0.39, 0.29) is 28.0 Å². The minimum Gasteiger partial charge on any atom is -0.466 e. The Morgan fingerprint density at radius 2 is 2.12 bits per heavy atom. The van der Waals surface area contributed by atoms with E-state index >= 15 is 0 Å². The first-order valence-electron chi connectivity index (χ1n) is 6.98. The first-order chi connectivity index (χ1) is 11.7. The predicted molar refractivity (Wildman–Crippen MR) is 78.7 cm³/mol. The lowest BCUT2D eigenvalue weighted by molar-refractivity contribution is -0.209. The van der Waals surface area contributed by atoms with E-state index < -0.39 is 30.6 Å². The monoisotopic (exact) mass is 378 g/mol. The largest absolute Gasteiger partial charge is 0.466 e. The summed E-state index contributed by atoms with van der Waals surface area (Å²) in [5.41, 5.74) is 0.179. The van der Waals surface area contributed by atoms with Gasteiger partial charge in [0.25, 0.3) is 0 Å². The minimum absolute atomic E-state index is 0.0775. The van der Waals surface area contributed by atoms with E-state index in [0.29, 0.717) is 0 Å². The van der Waals surface area contributed by atoms with Crippen LogP contribution in [0.15, 0.2) is 6.33 Å². The summed E-state index contributed by atoms with van der Waals surface area (Å²) in [7, 11) is 0. The number of esters is 2. The van der Waals surface area contributed by atoms with Crippen molar-refractivity contribution in [3.05, 3.63) is 16.9 Å². The number of carbonyl (C=O) groups excluding carboxylic acids is 2. The van der Waals surface area contributed by atoms with Crippen molar-refractivity contribution in [1.82, 2.24) is 20.2 Å². The highest BCUT2D eigenvalue weighted by Crippen LogP contribution is 2.30. The number of nitrogens with one attached hydrogen (secondary N) is 1. The van der Waals surface area contributed by atoms with Gasteiger partial charge in [-0.2, -0.15) is 18.3 Å². The second-order valence-electron chi connectivity index (χ2n) is 4.71. The van der Waals surface area contributed by atoms with Crippen LogP contribution in [0.3, 0.4) is 0 Å². The Labute approximate surface area is 143 Å². The molecule has 0 saturated carbocycles. The van der Waals surface area contributed by atoms with Gasteiger partial charge in [0.1, 0.15) is 11.2 Å². The molecule has 8 nitrogen and oxygen atoms in total. The van der Waals surface area contributed by atoms with Crippen molar-refractivity contribution in [2.75, 3.05) is 6.61 Å². The highest BCUT2D eigenvalue weighted by atomic mass is 32.1. The number of hydrogen-bond donors (Lipinski definition) is 1. The van der Waals surface area contributed by atoms with Crippen LogP contribution in [0, 0.1) is 6.92 Å². The fourth-order valence-electron chi connectivity index (χ4n) is 1.77. The van der Waals surface area contributed by atoms with Gasteiger partial charge in [0, 0.05) is 0 Å². The summed E-state index contributed by atoms with van der Waals surface area (Å²) in [5.74, 6) is -2.07. The fraction of sp³-hybridized carbons (Fsp3) is 0.462. The first-order valence-corrected chi connectivity index (χ1v) is 7.80. The normalized spacial score (nSPS) is 12.7. The average molecular weight is 378 g/mol. The van der Waals surface area contributed by atoms with Crippen LogP contribution in [-0.2, 0) is 14.3 Å². The number of aromatic nitrogens is 4. The van der Waals surface area contributed by atoms with Crippen molar-refractivity contribution in [2.45, 2.75) is 32.5 Å². The number of thiazole rings is 1. The van der Waals surface area contributed by atoms with Crippen molar-refractivity contribution in [1.29, 1.82) is 0 Å². The van der Waals surface area contributed by atoms with Crippen LogP contribution in [0.25, 0.3) is 10.8 Å². The molecule has 0 bridgehead atoms. The van der Waals surface area contributed by atoms with Gasteiger partial charge in [-0.3, -0.25) is 9.89 Å². The molecular weight excluding hydrogens is 365 g/mol. The van der Waals surface area contributed by atoms with Gasteiger partial charge < -0.3 is 9.47 Å². The van der Waals surface area contributed by atoms with Gasteiger partial charge in [0.2, 0.25) is 6.10 Å². The number of aryl methyl sites for hydroxylation is 1. The van der Waals surface area contributed by atoms with Crippen LogP contribution in [-0.4, -0.2) is 51.0 Å². The molecular formula is C13H13F3N4O4S. The van der Waals surface area contributed by atoms with E-state index in [2.05, 4.69) is 29.6 Å². The van der Waals surface area contributed by atoms with Gasteiger partial charge >= 0.3 is 18.1 Å². The van der Waals surface area contributed by atoms with Crippen LogP contribution in [0.2, 0.25) is 0 Å². The minimum atomic E-state index is -4.91. The summed E-state index contributed by atoms with van der Waals surface area (Å²) >= 11 is 0.804. The molecule has 0 aliphatic carbocycles. The maximum absolute atomic E-state index is 13.0. The molecule has 0 aliphatic heterocycles. The Morgan fingerprint density at radius 3 is 2.68 bits per heavy atom. The second-order valence-corrected chi connectivity index (χ2v) is 5.71. The van der Waals surface area contributed by atoms with Crippen molar-refractivity contribution in [3.8, 4) is 10.8 Å². The van der Waals surface area contributed by atoms with Crippen molar-refractivity contribution in [3.63, 3.8) is 0 Å². The third-order valence-electron chi connectivity index (χ3n) is 2.87. The van der Waals surface area contributed by atoms with E-state index in [9.17, 15) is 22.8 Å². The van der Waals surface area contributed by atoms with Crippen LogP contribution < -0.4 is 0 Å². The number of rotatable bonds is 6.